The van der Waals surface area contributed by atoms with E-state index in [-0.39, 0.29) is 0 Å². The highest BCUT2D eigenvalue weighted by atomic mass is 31.3. The van der Waals surface area contributed by atoms with Gasteiger partial charge in [0.25, 0.3) is 5.56 Å². The van der Waals surface area contributed by atoms with E-state index in [0.29, 0.717) is 0 Å². The van der Waals surface area contributed by atoms with Crippen LogP contribution in [0, 0.1) is 0 Å². The number of hydrogen-bond acceptors (Lipinski definition) is 12. The van der Waals surface area contributed by atoms with E-state index in [1.165, 1.54) is 12.2 Å². The Morgan fingerprint density at radius 2 is 1.67 bits per heavy atom. The summed E-state index contributed by atoms with van der Waals surface area (Å²) >= 11 is 0. The SMILES string of the molecule is CC=CCOP(=O)(O)OP(=O)(O)OP(=O)(O)OC[C@H]1O[C@@H](n2ccc(=O)[nH]c2=O)[C@H](O)[C@@H]1O. The number of allylic oxidation sites excluding steroid dienone is 1. The smallest absolute Gasteiger partial charge is 0.387 e. The third-order valence-corrected chi connectivity index (χ3v) is 8.10. The topological polar surface area (TPSA) is 253 Å². The number of aliphatic hydroxyl groups is 2. The number of rotatable bonds is 11. The molecule has 2 rings (SSSR count). The van der Waals surface area contributed by atoms with Crippen molar-refractivity contribution in [3.63, 3.8) is 0 Å². The van der Waals surface area contributed by atoms with Crippen molar-refractivity contribution in [1.29, 1.82) is 0 Å². The fraction of sp³-hybridized carbons (Fsp3) is 0.538. The first-order chi connectivity index (χ1) is 15.2. The number of phosphoric acid groups is 3. The Morgan fingerprint density at radius 3 is 2.24 bits per heavy atom. The van der Waals surface area contributed by atoms with Crippen molar-refractivity contribution in [2.75, 3.05) is 13.2 Å². The van der Waals surface area contributed by atoms with Crippen molar-refractivity contribution < 1.29 is 61.0 Å². The number of aliphatic hydroxyl groups excluding tert-OH is 2. The maximum absolute atomic E-state index is 11.9. The lowest BCUT2D eigenvalue weighted by atomic mass is 10.1. The number of H-pyrrole nitrogens is 1. The van der Waals surface area contributed by atoms with Gasteiger partial charge in [0, 0.05) is 12.3 Å². The quantitative estimate of drug-likeness (QED) is 0.147. The molecule has 1 aliphatic heterocycles. The molecule has 0 saturated carbocycles. The van der Waals surface area contributed by atoms with E-state index in [2.05, 4.69) is 17.7 Å². The van der Waals surface area contributed by atoms with Crippen LogP contribution in [0.3, 0.4) is 0 Å². The predicted molar refractivity (Wildman–Crippen MR) is 106 cm³/mol. The zero-order chi connectivity index (χ0) is 25.0. The third kappa shape index (κ3) is 8.16. The molecule has 0 bridgehead atoms. The van der Waals surface area contributed by atoms with Crippen molar-refractivity contribution >= 4 is 23.5 Å². The van der Waals surface area contributed by atoms with Crippen LogP contribution >= 0.6 is 23.5 Å². The molecule has 0 spiro atoms. The Hall–Kier alpha value is -1.29. The van der Waals surface area contributed by atoms with Crippen LogP contribution in [0.2, 0.25) is 0 Å². The fourth-order valence-corrected chi connectivity index (χ4v) is 5.91. The first-order valence-corrected chi connectivity index (χ1v) is 13.3. The highest BCUT2D eigenvalue weighted by Gasteiger charge is 2.47. The van der Waals surface area contributed by atoms with Gasteiger partial charge in [-0.05, 0) is 6.92 Å². The number of hydrogen-bond donors (Lipinski definition) is 6. The summed E-state index contributed by atoms with van der Waals surface area (Å²) in [6.07, 6.45) is -2.95. The first-order valence-electron chi connectivity index (χ1n) is 8.81. The molecule has 0 radical (unpaired) electrons. The van der Waals surface area contributed by atoms with Gasteiger partial charge in [-0.25, -0.2) is 18.5 Å². The Labute approximate surface area is 184 Å². The lowest BCUT2D eigenvalue weighted by Gasteiger charge is -2.20. The summed E-state index contributed by atoms with van der Waals surface area (Å²) in [5, 5.41) is 20.1. The first kappa shape index (κ1) is 28.0. The molecular formula is C13H21N2O15P3. The van der Waals surface area contributed by atoms with Crippen molar-refractivity contribution in [2.45, 2.75) is 31.5 Å². The highest BCUT2D eigenvalue weighted by molar-refractivity contribution is 7.66. The standard InChI is InChI=1S/C13H21N2O15P3/c1-2-3-6-26-31(20,21)29-33(24,25)30-32(22,23)27-7-8-10(17)11(18)12(28-8)15-5-4-9(16)14-13(15)19/h2-5,8,10-12,17-18H,6-7H2,1H3,(H,20,21)(H,22,23)(H,24,25)(H,14,16,19)/t8-,10-,11-,12-/m1/s1. The van der Waals surface area contributed by atoms with Crippen LogP contribution in [0.1, 0.15) is 13.2 Å². The normalized spacial score (nSPS) is 28.9. The van der Waals surface area contributed by atoms with Gasteiger partial charge in [-0.2, -0.15) is 8.62 Å². The zero-order valence-electron chi connectivity index (χ0n) is 16.6. The van der Waals surface area contributed by atoms with Crippen molar-refractivity contribution in [1.82, 2.24) is 9.55 Å². The largest absolute Gasteiger partial charge is 0.490 e. The van der Waals surface area contributed by atoms with Crippen molar-refractivity contribution in [3.8, 4) is 0 Å². The van der Waals surface area contributed by atoms with E-state index >= 15 is 0 Å². The minimum absolute atomic E-state index is 0.490. The monoisotopic (exact) mass is 538 g/mol. The van der Waals surface area contributed by atoms with Gasteiger partial charge in [0.1, 0.15) is 18.3 Å². The summed E-state index contributed by atoms with van der Waals surface area (Å²) in [4.78, 5) is 53.3. The molecule has 1 saturated heterocycles. The molecule has 17 nitrogen and oxygen atoms in total. The molecule has 0 amide bonds. The molecule has 0 aromatic carbocycles. The molecule has 188 valence electrons. The van der Waals surface area contributed by atoms with Crippen LogP contribution in [0.25, 0.3) is 0 Å². The molecule has 1 aromatic heterocycles. The zero-order valence-corrected chi connectivity index (χ0v) is 19.3. The summed E-state index contributed by atoms with van der Waals surface area (Å²) in [7, 11) is -16.3. The molecule has 33 heavy (non-hydrogen) atoms. The second-order valence-electron chi connectivity index (χ2n) is 6.29. The van der Waals surface area contributed by atoms with E-state index < -0.39 is 72.5 Å². The summed E-state index contributed by atoms with van der Waals surface area (Å²) in [6.45, 7) is 0.0442. The average molecular weight is 538 g/mol. The summed E-state index contributed by atoms with van der Waals surface area (Å²) in [5.74, 6) is 0. The van der Waals surface area contributed by atoms with Crippen LogP contribution < -0.4 is 11.2 Å². The lowest BCUT2D eigenvalue weighted by Crippen LogP contribution is -2.37. The molecule has 7 atom stereocenters. The molecule has 0 aliphatic carbocycles. The minimum Gasteiger partial charge on any atom is -0.387 e. The second kappa shape index (κ2) is 11.0. The number of nitrogens with zero attached hydrogens (tertiary/aromatic N) is 1. The fourth-order valence-electron chi connectivity index (χ4n) is 2.45. The van der Waals surface area contributed by atoms with Crippen LogP contribution in [0.5, 0.6) is 0 Å². The van der Waals surface area contributed by atoms with Crippen LogP contribution in [-0.4, -0.2) is 66.0 Å². The molecule has 1 aliphatic rings. The number of aromatic nitrogens is 2. The summed E-state index contributed by atoms with van der Waals surface area (Å²) < 4.78 is 57.7. The minimum atomic E-state index is -5.68. The van der Waals surface area contributed by atoms with Gasteiger partial charge in [0.05, 0.1) is 13.2 Å². The van der Waals surface area contributed by atoms with Gasteiger partial charge >= 0.3 is 29.2 Å². The van der Waals surface area contributed by atoms with Crippen LogP contribution in [-0.2, 0) is 36.1 Å². The van der Waals surface area contributed by atoms with Crippen LogP contribution in [0.15, 0.2) is 34.0 Å². The molecule has 20 heteroatoms. The van der Waals surface area contributed by atoms with Gasteiger partial charge in [0.2, 0.25) is 0 Å². The molecule has 1 aromatic rings. The molecule has 1 fully saturated rings. The maximum Gasteiger partial charge on any atom is 0.490 e. The lowest BCUT2D eigenvalue weighted by molar-refractivity contribution is -0.0542. The van der Waals surface area contributed by atoms with E-state index in [1.54, 1.807) is 6.92 Å². The van der Waals surface area contributed by atoms with Gasteiger partial charge in [-0.3, -0.25) is 23.4 Å². The van der Waals surface area contributed by atoms with Gasteiger partial charge in [0.15, 0.2) is 6.23 Å². The van der Waals surface area contributed by atoms with Crippen LogP contribution in [0.4, 0.5) is 0 Å². The third-order valence-electron chi connectivity index (χ3n) is 3.85. The van der Waals surface area contributed by atoms with E-state index in [4.69, 9.17) is 4.74 Å². The molecule has 6 N–H and O–H groups in total. The number of phosphoric ester groups is 2. The van der Waals surface area contributed by atoms with Gasteiger partial charge in [-0.15, -0.1) is 0 Å². The van der Waals surface area contributed by atoms with Crippen molar-refractivity contribution in [2.24, 2.45) is 0 Å². The number of aromatic amines is 1. The Bertz CT molecular complexity index is 1110. The Morgan fingerprint density at radius 1 is 1.06 bits per heavy atom. The Balaban J connectivity index is 2.00. The second-order valence-corrected chi connectivity index (χ2v) is 10.9. The summed E-state index contributed by atoms with van der Waals surface area (Å²) in [5.41, 5.74) is -1.72. The number of ether oxygens (including phenoxy) is 1. The molecule has 2 heterocycles. The maximum atomic E-state index is 11.9. The number of nitrogens with one attached hydrogen (secondary N) is 1. The van der Waals surface area contributed by atoms with E-state index in [9.17, 15) is 48.2 Å². The van der Waals surface area contributed by atoms with Gasteiger partial charge in [-0.1, -0.05) is 12.2 Å². The Kier molecular flexibility index (Phi) is 9.29. The van der Waals surface area contributed by atoms with Crippen molar-refractivity contribution in [3.05, 3.63) is 45.3 Å². The molecular weight excluding hydrogens is 517 g/mol. The van der Waals surface area contributed by atoms with E-state index in [0.717, 1.165) is 16.8 Å². The van der Waals surface area contributed by atoms with Gasteiger partial charge < -0.3 is 29.6 Å². The predicted octanol–water partition coefficient (Wildman–Crippen LogP) is -0.901. The molecule has 3 unspecified atom stereocenters. The highest BCUT2D eigenvalue weighted by Crippen LogP contribution is 2.67. The average Bonchev–Trinajstić information content (AvgIpc) is 2.93. The summed E-state index contributed by atoms with van der Waals surface area (Å²) in [6, 6.07) is 0.935. The van der Waals surface area contributed by atoms with E-state index in [1.807, 2.05) is 4.98 Å².